The molecular formula is C13H17N5OS. The maximum absolute atomic E-state index is 11.3. The first-order chi connectivity index (χ1) is 9.76. The van der Waals surface area contributed by atoms with Gasteiger partial charge in [-0.3, -0.25) is 9.69 Å². The Kier molecular flexibility index (Phi) is 3.79. The number of hydrogen-bond donors (Lipinski definition) is 2. The van der Waals surface area contributed by atoms with Gasteiger partial charge in [-0.25, -0.2) is 9.97 Å². The van der Waals surface area contributed by atoms with Crippen LogP contribution in [-0.4, -0.2) is 47.5 Å². The molecule has 0 atom stereocenters. The van der Waals surface area contributed by atoms with Crippen LogP contribution in [0.5, 0.6) is 0 Å². The fourth-order valence-electron chi connectivity index (χ4n) is 2.33. The number of carbonyl (C=O) groups excluding carboxylic acids is 1. The van der Waals surface area contributed by atoms with Crippen molar-refractivity contribution in [1.29, 1.82) is 0 Å². The monoisotopic (exact) mass is 291 g/mol. The number of rotatable bonds is 3. The lowest BCUT2D eigenvalue weighted by atomic mass is 10.3. The highest BCUT2D eigenvalue weighted by atomic mass is 32.1. The van der Waals surface area contributed by atoms with Gasteiger partial charge >= 0.3 is 0 Å². The minimum atomic E-state index is 0.123. The Morgan fingerprint density at radius 1 is 1.45 bits per heavy atom. The number of fused-ring (bicyclic) bond motifs is 1. The molecule has 0 radical (unpaired) electrons. The van der Waals surface area contributed by atoms with Crippen molar-refractivity contribution in [3.8, 4) is 0 Å². The molecule has 3 heterocycles. The van der Waals surface area contributed by atoms with Crippen molar-refractivity contribution in [2.24, 2.45) is 0 Å². The van der Waals surface area contributed by atoms with E-state index >= 15 is 0 Å². The standard InChI is InChI=1S/C13H17N5OS/c1-14-12-9-3-7-20-13(9)17-10(16-12)8-18-5-2-11(19)15-4-6-18/h3,7H,2,4-6,8H2,1H3,(H,15,19)(H,14,16,17). The molecule has 1 fully saturated rings. The number of hydrogen-bond acceptors (Lipinski definition) is 6. The van der Waals surface area contributed by atoms with Crippen LogP contribution in [0.3, 0.4) is 0 Å². The summed E-state index contributed by atoms with van der Waals surface area (Å²) in [4.78, 5) is 23.7. The number of aromatic nitrogens is 2. The largest absolute Gasteiger partial charge is 0.372 e. The smallest absolute Gasteiger partial charge is 0.221 e. The Hall–Kier alpha value is -1.73. The number of amides is 1. The maximum Gasteiger partial charge on any atom is 0.221 e. The van der Waals surface area contributed by atoms with Gasteiger partial charge in [0.2, 0.25) is 5.91 Å². The van der Waals surface area contributed by atoms with Crippen molar-refractivity contribution in [3.63, 3.8) is 0 Å². The second-order valence-corrected chi connectivity index (χ2v) is 5.65. The van der Waals surface area contributed by atoms with E-state index in [4.69, 9.17) is 0 Å². The molecule has 6 nitrogen and oxygen atoms in total. The van der Waals surface area contributed by atoms with Crippen LogP contribution >= 0.6 is 11.3 Å². The highest BCUT2D eigenvalue weighted by molar-refractivity contribution is 7.16. The lowest BCUT2D eigenvalue weighted by Gasteiger charge is -2.18. The quantitative estimate of drug-likeness (QED) is 0.885. The summed E-state index contributed by atoms with van der Waals surface area (Å²) in [7, 11) is 1.87. The Labute approximate surface area is 121 Å². The van der Waals surface area contributed by atoms with Gasteiger partial charge < -0.3 is 10.6 Å². The van der Waals surface area contributed by atoms with E-state index in [1.807, 2.05) is 18.5 Å². The lowest BCUT2D eigenvalue weighted by molar-refractivity contribution is -0.120. The molecule has 3 rings (SSSR count). The highest BCUT2D eigenvalue weighted by Gasteiger charge is 2.16. The molecule has 106 valence electrons. The Balaban J connectivity index is 1.81. The van der Waals surface area contributed by atoms with Crippen LogP contribution in [0.4, 0.5) is 5.82 Å². The van der Waals surface area contributed by atoms with Gasteiger partial charge in [-0.2, -0.15) is 0 Å². The van der Waals surface area contributed by atoms with E-state index in [2.05, 4.69) is 25.5 Å². The molecule has 0 aromatic carbocycles. The van der Waals surface area contributed by atoms with Crippen LogP contribution in [0.15, 0.2) is 11.4 Å². The zero-order chi connectivity index (χ0) is 13.9. The molecule has 20 heavy (non-hydrogen) atoms. The minimum absolute atomic E-state index is 0.123. The third-order valence-corrected chi connectivity index (χ3v) is 4.19. The maximum atomic E-state index is 11.3. The van der Waals surface area contributed by atoms with E-state index in [0.29, 0.717) is 19.5 Å². The molecular weight excluding hydrogens is 274 g/mol. The molecule has 2 N–H and O–H groups in total. The molecule has 1 aliphatic rings. The third kappa shape index (κ3) is 2.73. The van der Waals surface area contributed by atoms with Gasteiger partial charge in [0.05, 0.1) is 11.9 Å². The summed E-state index contributed by atoms with van der Waals surface area (Å²) >= 11 is 1.62. The summed E-state index contributed by atoms with van der Waals surface area (Å²) in [6.45, 7) is 2.97. The first-order valence-corrected chi connectivity index (χ1v) is 7.55. The summed E-state index contributed by atoms with van der Waals surface area (Å²) < 4.78 is 0. The van der Waals surface area contributed by atoms with Gasteiger partial charge in [0.15, 0.2) is 0 Å². The molecule has 0 bridgehead atoms. The van der Waals surface area contributed by atoms with E-state index in [1.54, 1.807) is 11.3 Å². The molecule has 1 amide bonds. The number of nitrogens with zero attached hydrogens (tertiary/aromatic N) is 3. The van der Waals surface area contributed by atoms with Crippen LogP contribution in [0.1, 0.15) is 12.2 Å². The van der Waals surface area contributed by atoms with Crippen molar-refractivity contribution in [3.05, 3.63) is 17.3 Å². The number of anilines is 1. The van der Waals surface area contributed by atoms with Gasteiger partial charge in [0, 0.05) is 33.1 Å². The van der Waals surface area contributed by atoms with Gasteiger partial charge in [0.1, 0.15) is 16.5 Å². The summed E-state index contributed by atoms with van der Waals surface area (Å²) in [6.07, 6.45) is 0.542. The second kappa shape index (κ2) is 5.72. The van der Waals surface area contributed by atoms with Crippen molar-refractivity contribution in [2.75, 3.05) is 32.0 Å². The highest BCUT2D eigenvalue weighted by Crippen LogP contribution is 2.25. The minimum Gasteiger partial charge on any atom is -0.372 e. The van der Waals surface area contributed by atoms with Crippen molar-refractivity contribution in [2.45, 2.75) is 13.0 Å². The lowest BCUT2D eigenvalue weighted by Crippen LogP contribution is -2.28. The normalized spacial score (nSPS) is 16.9. The Morgan fingerprint density at radius 3 is 3.20 bits per heavy atom. The fourth-order valence-corrected chi connectivity index (χ4v) is 3.12. The van der Waals surface area contributed by atoms with Crippen LogP contribution in [0.25, 0.3) is 10.2 Å². The van der Waals surface area contributed by atoms with Crippen LogP contribution in [0, 0.1) is 0 Å². The first kappa shape index (κ1) is 13.3. The van der Waals surface area contributed by atoms with Crippen LogP contribution < -0.4 is 10.6 Å². The van der Waals surface area contributed by atoms with Crippen LogP contribution in [-0.2, 0) is 11.3 Å². The van der Waals surface area contributed by atoms with Gasteiger partial charge in [0.25, 0.3) is 0 Å². The summed E-state index contributed by atoms with van der Waals surface area (Å²) in [6, 6.07) is 2.03. The predicted octanol–water partition coefficient (Wildman–Crippen LogP) is 1.05. The van der Waals surface area contributed by atoms with Gasteiger partial charge in [-0.05, 0) is 11.4 Å². The Bertz CT molecular complexity index is 626. The van der Waals surface area contributed by atoms with Crippen molar-refractivity contribution in [1.82, 2.24) is 20.2 Å². The predicted molar refractivity (Wildman–Crippen MR) is 79.9 cm³/mol. The average Bonchev–Trinajstić information content (AvgIpc) is 2.82. The Morgan fingerprint density at radius 2 is 2.35 bits per heavy atom. The molecule has 0 unspecified atom stereocenters. The van der Waals surface area contributed by atoms with E-state index in [-0.39, 0.29) is 5.91 Å². The van der Waals surface area contributed by atoms with E-state index in [9.17, 15) is 4.79 Å². The van der Waals surface area contributed by atoms with Gasteiger partial charge in [-0.15, -0.1) is 11.3 Å². The number of carbonyl (C=O) groups is 1. The summed E-state index contributed by atoms with van der Waals surface area (Å²) in [5, 5.41) is 9.09. The zero-order valence-electron chi connectivity index (χ0n) is 11.3. The molecule has 0 aliphatic carbocycles. The molecule has 0 saturated carbocycles. The molecule has 2 aromatic rings. The first-order valence-electron chi connectivity index (χ1n) is 6.67. The molecule has 0 spiro atoms. The van der Waals surface area contributed by atoms with Crippen molar-refractivity contribution < 1.29 is 4.79 Å². The summed E-state index contributed by atoms with van der Waals surface area (Å²) in [5.74, 6) is 1.80. The SMILES string of the molecule is CNc1nc(CN2CCNC(=O)CC2)nc2sccc12. The zero-order valence-corrected chi connectivity index (χ0v) is 12.2. The topological polar surface area (TPSA) is 70.2 Å². The molecule has 7 heteroatoms. The van der Waals surface area contributed by atoms with Crippen LogP contribution in [0.2, 0.25) is 0 Å². The average molecular weight is 291 g/mol. The second-order valence-electron chi connectivity index (χ2n) is 4.75. The molecule has 2 aromatic heterocycles. The van der Waals surface area contributed by atoms with Crippen molar-refractivity contribution >= 4 is 33.3 Å². The van der Waals surface area contributed by atoms with E-state index < -0.39 is 0 Å². The third-order valence-electron chi connectivity index (χ3n) is 3.38. The fraction of sp³-hybridized carbons (Fsp3) is 0.462. The van der Waals surface area contributed by atoms with Gasteiger partial charge in [-0.1, -0.05) is 0 Å². The summed E-state index contributed by atoms with van der Waals surface area (Å²) in [5.41, 5.74) is 0. The van der Waals surface area contributed by atoms with E-state index in [0.717, 1.165) is 34.9 Å². The molecule has 1 saturated heterocycles. The van der Waals surface area contributed by atoms with E-state index in [1.165, 1.54) is 0 Å². The number of thiophene rings is 1. The number of nitrogens with one attached hydrogen (secondary N) is 2. The molecule has 1 aliphatic heterocycles.